The lowest BCUT2D eigenvalue weighted by Crippen LogP contribution is -2.20. The predicted molar refractivity (Wildman–Crippen MR) is 64.2 cm³/mol. The minimum Gasteiger partial charge on any atom is -0.450 e. The van der Waals surface area contributed by atoms with Crippen molar-refractivity contribution in [3.63, 3.8) is 0 Å². The molecule has 18 heavy (non-hydrogen) atoms. The summed E-state index contributed by atoms with van der Waals surface area (Å²) in [6, 6.07) is 7.06. The molecule has 0 saturated carbocycles. The summed E-state index contributed by atoms with van der Waals surface area (Å²) in [5.41, 5.74) is 1.46. The van der Waals surface area contributed by atoms with Crippen molar-refractivity contribution in [3.05, 3.63) is 36.2 Å². The van der Waals surface area contributed by atoms with Gasteiger partial charge in [-0.2, -0.15) is 5.11 Å². The van der Waals surface area contributed by atoms with E-state index < -0.39 is 6.09 Å². The lowest BCUT2D eigenvalue weighted by molar-refractivity contribution is 0.180. The molecule has 1 N–H and O–H groups in total. The molecule has 92 valence electrons. The Kier molecular flexibility index (Phi) is 3.44. The van der Waals surface area contributed by atoms with Crippen LogP contribution in [0, 0.1) is 0 Å². The number of azo groups is 1. The molecule has 1 aliphatic heterocycles. The number of amides is 1. The number of para-hydroxylation sites is 2. The number of nitrogens with zero attached hydrogens (tertiary/aromatic N) is 4. The van der Waals surface area contributed by atoms with Crippen LogP contribution in [0.5, 0.6) is 0 Å². The number of aliphatic imine (C=N–C) groups is 1. The van der Waals surface area contributed by atoms with Crippen LogP contribution in [0.15, 0.2) is 51.4 Å². The normalized spacial score (nSPS) is 16.1. The summed E-state index contributed by atoms with van der Waals surface area (Å²) in [5.74, 6) is 0. The zero-order chi connectivity index (χ0) is 13.0. The topological polar surface area (TPSA) is 86.8 Å². The first-order chi connectivity index (χ1) is 8.72. The van der Waals surface area contributed by atoms with Crippen LogP contribution in [0.1, 0.15) is 0 Å². The molecule has 0 saturated heterocycles. The molecular formula is C11H10N4O3. The van der Waals surface area contributed by atoms with Crippen molar-refractivity contribution >= 4 is 23.7 Å². The smallest absolute Gasteiger partial charge is 0.450 e. The van der Waals surface area contributed by atoms with Gasteiger partial charge in [-0.25, -0.2) is 9.86 Å². The first-order valence-electron chi connectivity index (χ1n) is 5.03. The standard InChI is InChI=1S/C11H10N4O3/c1-18-11(16)14-13-7-8-6-12-9-4-2-3-5-10(9)15(8)17/h2-7,17H,1H3/b8-7-,14-13?. The molecule has 0 radical (unpaired) electrons. The Hall–Kier alpha value is -2.54. The van der Waals surface area contributed by atoms with Crippen LogP contribution >= 0.6 is 0 Å². The maximum absolute atomic E-state index is 10.7. The van der Waals surface area contributed by atoms with E-state index >= 15 is 0 Å². The molecule has 0 aromatic heterocycles. The fourth-order valence-corrected chi connectivity index (χ4v) is 1.35. The average Bonchev–Trinajstić information content (AvgIpc) is 2.41. The first kappa shape index (κ1) is 11.9. The van der Waals surface area contributed by atoms with Crippen molar-refractivity contribution in [2.24, 2.45) is 15.2 Å². The number of methoxy groups -OCH3 is 1. The molecule has 2 rings (SSSR count). The zero-order valence-corrected chi connectivity index (χ0v) is 9.52. The fraction of sp³-hybridized carbons (Fsp3) is 0.0909. The molecule has 1 aromatic rings. The van der Waals surface area contributed by atoms with Crippen LogP contribution < -0.4 is 5.06 Å². The Labute approximate surface area is 103 Å². The molecule has 0 fully saturated rings. The summed E-state index contributed by atoms with van der Waals surface area (Å²) in [4.78, 5) is 14.8. The molecule has 0 unspecified atom stereocenters. The molecule has 7 heteroatoms. The molecule has 0 aliphatic carbocycles. The number of hydroxylamine groups is 1. The van der Waals surface area contributed by atoms with E-state index in [1.165, 1.54) is 19.5 Å². The van der Waals surface area contributed by atoms with Crippen LogP contribution in [0.2, 0.25) is 0 Å². The highest BCUT2D eigenvalue weighted by atomic mass is 16.5. The van der Waals surface area contributed by atoms with Gasteiger partial charge in [-0.3, -0.25) is 10.2 Å². The van der Waals surface area contributed by atoms with Gasteiger partial charge in [0, 0.05) is 0 Å². The monoisotopic (exact) mass is 246 g/mol. The lowest BCUT2D eigenvalue weighted by Gasteiger charge is -2.21. The van der Waals surface area contributed by atoms with Gasteiger partial charge in [0.05, 0.1) is 30.9 Å². The van der Waals surface area contributed by atoms with Gasteiger partial charge in [0.1, 0.15) is 5.70 Å². The Balaban J connectivity index is 2.22. The fourth-order valence-electron chi connectivity index (χ4n) is 1.35. The van der Waals surface area contributed by atoms with E-state index in [9.17, 15) is 10.0 Å². The Morgan fingerprint density at radius 2 is 2.28 bits per heavy atom. The van der Waals surface area contributed by atoms with Gasteiger partial charge in [0.25, 0.3) is 0 Å². The number of hydrogen-bond acceptors (Lipinski definition) is 6. The van der Waals surface area contributed by atoms with E-state index in [2.05, 4.69) is 20.0 Å². The summed E-state index contributed by atoms with van der Waals surface area (Å²) < 4.78 is 4.28. The summed E-state index contributed by atoms with van der Waals surface area (Å²) in [6.07, 6.45) is 1.80. The summed E-state index contributed by atoms with van der Waals surface area (Å²) in [6.45, 7) is 0. The van der Waals surface area contributed by atoms with E-state index in [1.54, 1.807) is 18.2 Å². The zero-order valence-electron chi connectivity index (χ0n) is 9.52. The van der Waals surface area contributed by atoms with Crippen molar-refractivity contribution in [1.82, 2.24) is 0 Å². The van der Waals surface area contributed by atoms with Crippen LogP contribution in [0.3, 0.4) is 0 Å². The Morgan fingerprint density at radius 3 is 3.06 bits per heavy atom. The van der Waals surface area contributed by atoms with Crippen molar-refractivity contribution < 1.29 is 14.7 Å². The molecule has 0 bridgehead atoms. The van der Waals surface area contributed by atoms with Crippen LogP contribution in [-0.2, 0) is 4.74 Å². The van der Waals surface area contributed by atoms with Gasteiger partial charge in [-0.15, -0.1) is 0 Å². The number of carbonyl (C=O) groups is 1. The number of ether oxygens (including phenoxy) is 1. The third kappa shape index (κ3) is 2.41. The average molecular weight is 246 g/mol. The Bertz CT molecular complexity index is 551. The molecule has 1 aromatic carbocycles. The third-order valence-electron chi connectivity index (χ3n) is 2.19. The van der Waals surface area contributed by atoms with E-state index in [0.717, 1.165) is 5.06 Å². The number of fused-ring (bicyclic) bond motifs is 1. The maximum atomic E-state index is 10.7. The van der Waals surface area contributed by atoms with Gasteiger partial charge in [0.15, 0.2) is 0 Å². The summed E-state index contributed by atoms with van der Waals surface area (Å²) in [5, 5.41) is 17.5. The molecular weight excluding hydrogens is 236 g/mol. The third-order valence-corrected chi connectivity index (χ3v) is 2.19. The number of carbonyl (C=O) groups excluding carboxylic acids is 1. The van der Waals surface area contributed by atoms with Crippen molar-refractivity contribution in [1.29, 1.82) is 0 Å². The van der Waals surface area contributed by atoms with Crippen LogP contribution in [0.4, 0.5) is 16.2 Å². The van der Waals surface area contributed by atoms with Crippen LogP contribution in [0.25, 0.3) is 0 Å². The van der Waals surface area contributed by atoms with Gasteiger partial charge >= 0.3 is 6.09 Å². The molecule has 0 spiro atoms. The van der Waals surface area contributed by atoms with Crippen molar-refractivity contribution in [2.75, 3.05) is 12.2 Å². The number of hydrogen-bond donors (Lipinski definition) is 1. The van der Waals surface area contributed by atoms with Crippen LogP contribution in [-0.4, -0.2) is 24.6 Å². The van der Waals surface area contributed by atoms with E-state index in [1.807, 2.05) is 6.07 Å². The summed E-state index contributed by atoms with van der Waals surface area (Å²) >= 11 is 0. The van der Waals surface area contributed by atoms with E-state index in [4.69, 9.17) is 0 Å². The molecule has 7 nitrogen and oxygen atoms in total. The second-order valence-corrected chi connectivity index (χ2v) is 3.30. The largest absolute Gasteiger partial charge is 0.452 e. The summed E-state index contributed by atoms with van der Waals surface area (Å²) in [7, 11) is 1.20. The Morgan fingerprint density at radius 1 is 1.50 bits per heavy atom. The number of anilines is 1. The van der Waals surface area contributed by atoms with Gasteiger partial charge in [-0.1, -0.05) is 17.2 Å². The number of benzene rings is 1. The van der Waals surface area contributed by atoms with Crippen molar-refractivity contribution in [2.45, 2.75) is 0 Å². The molecule has 1 heterocycles. The lowest BCUT2D eigenvalue weighted by atomic mass is 10.2. The highest BCUT2D eigenvalue weighted by Gasteiger charge is 2.15. The second-order valence-electron chi connectivity index (χ2n) is 3.30. The highest BCUT2D eigenvalue weighted by Crippen LogP contribution is 2.32. The van der Waals surface area contributed by atoms with E-state index in [0.29, 0.717) is 17.1 Å². The highest BCUT2D eigenvalue weighted by molar-refractivity contribution is 5.92. The number of allylic oxidation sites excluding steroid dienone is 1. The van der Waals surface area contributed by atoms with Gasteiger partial charge in [-0.05, 0) is 12.1 Å². The molecule has 1 aliphatic rings. The van der Waals surface area contributed by atoms with E-state index in [-0.39, 0.29) is 0 Å². The maximum Gasteiger partial charge on any atom is 0.452 e. The predicted octanol–water partition coefficient (Wildman–Crippen LogP) is 2.66. The second kappa shape index (κ2) is 5.19. The van der Waals surface area contributed by atoms with Gasteiger partial charge < -0.3 is 4.74 Å². The quantitative estimate of drug-likeness (QED) is 0.771. The molecule has 0 atom stereocenters. The molecule has 1 amide bonds. The minimum absolute atomic E-state index is 0.293. The van der Waals surface area contributed by atoms with Gasteiger partial charge in [0.2, 0.25) is 0 Å². The first-order valence-corrected chi connectivity index (χ1v) is 5.03. The van der Waals surface area contributed by atoms with Crippen molar-refractivity contribution in [3.8, 4) is 0 Å². The minimum atomic E-state index is -0.815. The SMILES string of the molecule is COC(=O)N=N/C=C1/C=Nc2ccccc2N1O. The number of rotatable bonds is 1.